The van der Waals surface area contributed by atoms with E-state index in [0.717, 1.165) is 24.2 Å². The first-order valence-corrected chi connectivity index (χ1v) is 8.35. The van der Waals surface area contributed by atoms with E-state index in [-0.39, 0.29) is 29.2 Å². The van der Waals surface area contributed by atoms with E-state index in [9.17, 15) is 9.59 Å². The van der Waals surface area contributed by atoms with Gasteiger partial charge in [-0.3, -0.25) is 9.59 Å². The Balaban J connectivity index is 1.56. The molecular weight excluding hydrogens is 318 g/mol. The lowest BCUT2D eigenvalue weighted by atomic mass is 10.1. The number of benzene rings is 1. The first kappa shape index (κ1) is 17.0. The van der Waals surface area contributed by atoms with Crippen LogP contribution in [0.2, 0.25) is 0 Å². The van der Waals surface area contributed by atoms with E-state index in [2.05, 4.69) is 15.6 Å². The highest BCUT2D eigenvalue weighted by Gasteiger charge is 2.24. The molecule has 3 rings (SSSR count). The van der Waals surface area contributed by atoms with Gasteiger partial charge < -0.3 is 15.4 Å². The summed E-state index contributed by atoms with van der Waals surface area (Å²) in [6.07, 6.45) is 2.67. The topological polar surface area (TPSA) is 80.3 Å². The van der Waals surface area contributed by atoms with Crippen LogP contribution in [-0.2, 0) is 6.42 Å². The van der Waals surface area contributed by atoms with Gasteiger partial charge in [-0.2, -0.15) is 0 Å². The van der Waals surface area contributed by atoms with Crippen LogP contribution in [0, 0.1) is 0 Å². The van der Waals surface area contributed by atoms with Crippen LogP contribution in [0.1, 0.15) is 39.4 Å². The van der Waals surface area contributed by atoms with Crippen LogP contribution in [0.3, 0.4) is 0 Å². The molecule has 0 saturated heterocycles. The number of aromatic nitrogens is 1. The number of carbonyl (C=O) groups is 2. The summed E-state index contributed by atoms with van der Waals surface area (Å²) >= 11 is 0. The van der Waals surface area contributed by atoms with Gasteiger partial charge in [0.2, 0.25) is 0 Å². The highest BCUT2D eigenvalue weighted by molar-refractivity contribution is 5.96. The summed E-state index contributed by atoms with van der Waals surface area (Å²) in [6, 6.07) is 12.8. The minimum absolute atomic E-state index is 0.230. The van der Waals surface area contributed by atoms with E-state index in [1.54, 1.807) is 25.3 Å². The van der Waals surface area contributed by atoms with Crippen LogP contribution < -0.4 is 15.4 Å². The molecule has 0 aliphatic heterocycles. The van der Waals surface area contributed by atoms with Crippen molar-refractivity contribution >= 4 is 11.8 Å². The molecule has 1 fully saturated rings. The molecule has 2 N–H and O–H groups in total. The van der Waals surface area contributed by atoms with Crippen LogP contribution in [0.4, 0.5) is 0 Å². The Morgan fingerprint density at radius 1 is 1.08 bits per heavy atom. The van der Waals surface area contributed by atoms with Gasteiger partial charge in [0.15, 0.2) is 0 Å². The number of methoxy groups -OCH3 is 1. The standard InChI is InChI=1S/C19H21N3O3/c1-25-17-8-3-2-5-13(17)11-12-20-18(23)15-6-4-7-16(22-15)19(24)21-14-9-10-14/h2-8,14H,9-12H2,1H3,(H,20,23)(H,21,24). The second kappa shape index (κ2) is 7.79. The third kappa shape index (κ3) is 4.56. The number of para-hydroxylation sites is 1. The van der Waals surface area contributed by atoms with Crippen LogP contribution in [0.15, 0.2) is 42.5 Å². The van der Waals surface area contributed by atoms with Crippen molar-refractivity contribution in [1.29, 1.82) is 0 Å². The summed E-state index contributed by atoms with van der Waals surface area (Å²) in [5.74, 6) is 0.274. The predicted octanol–water partition coefficient (Wildman–Crippen LogP) is 1.95. The van der Waals surface area contributed by atoms with Crippen molar-refractivity contribution in [2.45, 2.75) is 25.3 Å². The summed E-state index contributed by atoms with van der Waals surface area (Å²) < 4.78 is 5.30. The number of nitrogens with zero attached hydrogens (tertiary/aromatic N) is 1. The maximum atomic E-state index is 12.3. The zero-order valence-corrected chi connectivity index (χ0v) is 14.1. The van der Waals surface area contributed by atoms with Gasteiger partial charge in [0.1, 0.15) is 17.1 Å². The van der Waals surface area contributed by atoms with Crippen molar-refractivity contribution < 1.29 is 14.3 Å². The fraction of sp³-hybridized carbons (Fsp3) is 0.316. The van der Waals surface area contributed by atoms with Gasteiger partial charge in [0.05, 0.1) is 7.11 Å². The monoisotopic (exact) mass is 339 g/mol. The quantitative estimate of drug-likeness (QED) is 0.808. The number of hydrogen-bond acceptors (Lipinski definition) is 4. The molecule has 0 atom stereocenters. The van der Waals surface area contributed by atoms with Crippen LogP contribution >= 0.6 is 0 Å². The Kier molecular flexibility index (Phi) is 5.28. The van der Waals surface area contributed by atoms with Gasteiger partial charge in [-0.25, -0.2) is 4.98 Å². The summed E-state index contributed by atoms with van der Waals surface area (Å²) in [4.78, 5) is 28.4. The number of amides is 2. The summed E-state index contributed by atoms with van der Waals surface area (Å²) in [6.45, 7) is 0.458. The molecule has 2 aromatic rings. The molecule has 25 heavy (non-hydrogen) atoms. The number of nitrogens with one attached hydrogen (secondary N) is 2. The zero-order chi connectivity index (χ0) is 17.6. The third-order valence-electron chi connectivity index (χ3n) is 4.00. The second-order valence-corrected chi connectivity index (χ2v) is 5.97. The second-order valence-electron chi connectivity index (χ2n) is 5.97. The highest BCUT2D eigenvalue weighted by atomic mass is 16.5. The minimum atomic E-state index is -0.295. The molecular formula is C19H21N3O3. The first-order chi connectivity index (χ1) is 12.2. The first-order valence-electron chi connectivity index (χ1n) is 8.35. The van der Waals surface area contributed by atoms with Crippen molar-refractivity contribution in [3.05, 3.63) is 59.4 Å². The molecule has 0 unspecified atom stereocenters. The van der Waals surface area contributed by atoms with E-state index in [4.69, 9.17) is 4.74 Å². The number of ether oxygens (including phenoxy) is 1. The van der Waals surface area contributed by atoms with Crippen LogP contribution in [0.25, 0.3) is 0 Å². The average Bonchev–Trinajstić information content (AvgIpc) is 3.46. The van der Waals surface area contributed by atoms with Crippen molar-refractivity contribution in [3.63, 3.8) is 0 Å². The SMILES string of the molecule is COc1ccccc1CCNC(=O)c1cccc(C(=O)NC2CC2)n1. The number of hydrogen-bond donors (Lipinski definition) is 2. The fourth-order valence-corrected chi connectivity index (χ4v) is 2.49. The Morgan fingerprint density at radius 2 is 1.80 bits per heavy atom. The minimum Gasteiger partial charge on any atom is -0.496 e. The van der Waals surface area contributed by atoms with Crippen LogP contribution in [-0.4, -0.2) is 36.5 Å². The Labute approximate surface area is 146 Å². The molecule has 0 radical (unpaired) electrons. The van der Waals surface area contributed by atoms with Crippen molar-refractivity contribution in [2.75, 3.05) is 13.7 Å². The maximum absolute atomic E-state index is 12.3. The van der Waals surface area contributed by atoms with E-state index < -0.39 is 0 Å². The lowest BCUT2D eigenvalue weighted by Crippen LogP contribution is -2.29. The smallest absolute Gasteiger partial charge is 0.270 e. The van der Waals surface area contributed by atoms with Gasteiger partial charge in [-0.1, -0.05) is 24.3 Å². The molecule has 1 aliphatic carbocycles. The predicted molar refractivity (Wildman–Crippen MR) is 93.8 cm³/mol. The Morgan fingerprint density at radius 3 is 2.52 bits per heavy atom. The molecule has 1 aromatic heterocycles. The molecule has 0 bridgehead atoms. The molecule has 1 heterocycles. The molecule has 0 spiro atoms. The molecule has 1 aromatic carbocycles. The van der Waals surface area contributed by atoms with E-state index in [1.165, 1.54) is 0 Å². The lowest BCUT2D eigenvalue weighted by molar-refractivity contribution is 0.0943. The Bertz CT molecular complexity index is 772. The normalized spacial score (nSPS) is 13.2. The Hall–Kier alpha value is -2.89. The molecule has 6 heteroatoms. The van der Waals surface area contributed by atoms with E-state index >= 15 is 0 Å². The number of carbonyl (C=O) groups excluding carboxylic acids is 2. The largest absolute Gasteiger partial charge is 0.496 e. The third-order valence-corrected chi connectivity index (χ3v) is 4.00. The van der Waals surface area contributed by atoms with Gasteiger partial charge in [0.25, 0.3) is 11.8 Å². The maximum Gasteiger partial charge on any atom is 0.270 e. The van der Waals surface area contributed by atoms with Crippen molar-refractivity contribution in [3.8, 4) is 5.75 Å². The van der Waals surface area contributed by atoms with Gasteiger partial charge in [-0.15, -0.1) is 0 Å². The van der Waals surface area contributed by atoms with E-state index in [0.29, 0.717) is 13.0 Å². The number of pyridine rings is 1. The van der Waals surface area contributed by atoms with Crippen molar-refractivity contribution in [1.82, 2.24) is 15.6 Å². The van der Waals surface area contributed by atoms with Gasteiger partial charge in [0, 0.05) is 12.6 Å². The summed E-state index contributed by atoms with van der Waals surface area (Å²) in [5.41, 5.74) is 1.53. The zero-order valence-electron chi connectivity index (χ0n) is 14.1. The van der Waals surface area contributed by atoms with Gasteiger partial charge >= 0.3 is 0 Å². The highest BCUT2D eigenvalue weighted by Crippen LogP contribution is 2.19. The molecule has 1 saturated carbocycles. The summed E-state index contributed by atoms with van der Waals surface area (Å²) in [5, 5.41) is 5.70. The fourth-order valence-electron chi connectivity index (χ4n) is 2.49. The molecule has 6 nitrogen and oxygen atoms in total. The van der Waals surface area contributed by atoms with Crippen LogP contribution in [0.5, 0.6) is 5.75 Å². The van der Waals surface area contributed by atoms with Gasteiger partial charge in [-0.05, 0) is 43.0 Å². The van der Waals surface area contributed by atoms with E-state index in [1.807, 2.05) is 24.3 Å². The molecule has 130 valence electrons. The summed E-state index contributed by atoms with van der Waals surface area (Å²) in [7, 11) is 1.62. The molecule has 1 aliphatic rings. The molecule has 2 amide bonds. The average molecular weight is 339 g/mol. The number of rotatable bonds is 7. The lowest BCUT2D eigenvalue weighted by Gasteiger charge is -2.09. The van der Waals surface area contributed by atoms with Crippen molar-refractivity contribution in [2.24, 2.45) is 0 Å².